The van der Waals surface area contributed by atoms with Gasteiger partial charge in [-0.25, -0.2) is 0 Å². The fourth-order valence-corrected chi connectivity index (χ4v) is 2.59. The quantitative estimate of drug-likeness (QED) is 0.260. The fraction of sp³-hybridized carbons (Fsp3) is 0.333. The maximum Gasteiger partial charge on any atom is 0.393 e. The van der Waals surface area contributed by atoms with Gasteiger partial charge in [0, 0.05) is 13.5 Å². The topological polar surface area (TPSA) is 87.0 Å². The molecule has 8 heteroatoms. The molecule has 0 aliphatic rings. The minimum atomic E-state index is -3.89. The van der Waals surface area contributed by atoms with Crippen molar-refractivity contribution in [3.05, 3.63) is 48.7 Å². The molecule has 2 rings (SSSR count). The van der Waals surface area contributed by atoms with Crippen LogP contribution in [0.5, 0.6) is 0 Å². The Balaban J connectivity index is 1.91. The maximum atomic E-state index is 10.7. The number of hydrogen-bond acceptors (Lipinski definition) is 5. The zero-order chi connectivity index (χ0) is 16.7. The lowest BCUT2D eigenvalue weighted by atomic mass is 10.3. The predicted molar refractivity (Wildman–Crippen MR) is 87.0 cm³/mol. The summed E-state index contributed by atoms with van der Waals surface area (Å²) in [6, 6.07) is 9.70. The molecule has 1 aromatic carbocycles. The molecule has 1 aromatic heterocycles. The molecule has 0 atom stereocenters. The molecule has 0 fully saturated rings. The second kappa shape index (κ2) is 7.89. The van der Waals surface area contributed by atoms with E-state index >= 15 is 0 Å². The molecule has 0 bridgehead atoms. The molecular formula is C15H20N3O4S+. The first kappa shape index (κ1) is 17.2. The number of hydrogen-bond donors (Lipinski definition) is 1. The van der Waals surface area contributed by atoms with Crippen LogP contribution in [0, 0.1) is 0 Å². The summed E-state index contributed by atoms with van der Waals surface area (Å²) >= 11 is 0. The number of oxazole rings is 1. The van der Waals surface area contributed by atoms with Gasteiger partial charge in [-0.3, -0.25) is 9.56 Å². The van der Waals surface area contributed by atoms with Crippen LogP contribution >= 0.6 is 0 Å². The molecule has 1 heterocycles. The first-order chi connectivity index (χ1) is 11.0. The average Bonchev–Trinajstić information content (AvgIpc) is 2.96. The van der Waals surface area contributed by atoms with E-state index in [0.29, 0.717) is 25.3 Å². The van der Waals surface area contributed by atoms with Gasteiger partial charge < -0.3 is 4.42 Å². The lowest BCUT2D eigenvalue weighted by Gasteiger charge is -2.11. The van der Waals surface area contributed by atoms with Crippen molar-refractivity contribution >= 4 is 22.0 Å². The third-order valence-electron chi connectivity index (χ3n) is 3.24. The molecule has 0 amide bonds. The van der Waals surface area contributed by atoms with E-state index < -0.39 is 10.1 Å². The summed E-state index contributed by atoms with van der Waals surface area (Å²) in [7, 11) is -2.05. The summed E-state index contributed by atoms with van der Waals surface area (Å²) in [5, 5.41) is 6.05. The number of hydrazone groups is 1. The number of anilines is 1. The number of aryl methyl sites for hydroxylation is 1. The third kappa shape index (κ3) is 5.84. The molecule has 0 saturated heterocycles. The molecule has 7 nitrogen and oxygen atoms in total. The van der Waals surface area contributed by atoms with Crippen molar-refractivity contribution in [3.63, 3.8) is 0 Å². The smallest absolute Gasteiger partial charge is 0.393 e. The zero-order valence-electron chi connectivity index (χ0n) is 12.9. The van der Waals surface area contributed by atoms with Crippen molar-refractivity contribution in [2.24, 2.45) is 5.10 Å². The molecule has 0 spiro atoms. The van der Waals surface area contributed by atoms with E-state index in [2.05, 4.69) is 5.10 Å². The second-order valence-corrected chi connectivity index (χ2v) is 6.60. The van der Waals surface area contributed by atoms with Gasteiger partial charge in [0.25, 0.3) is 10.1 Å². The maximum absolute atomic E-state index is 10.7. The van der Waals surface area contributed by atoms with Crippen LogP contribution in [0.1, 0.15) is 18.7 Å². The lowest BCUT2D eigenvalue weighted by molar-refractivity contribution is -0.700. The van der Waals surface area contributed by atoms with Crippen LogP contribution < -0.4 is 9.58 Å². The number of nitrogens with zero attached hydrogens (tertiary/aromatic N) is 3. The van der Waals surface area contributed by atoms with Crippen LogP contribution in [-0.2, 0) is 16.7 Å². The van der Waals surface area contributed by atoms with Gasteiger partial charge in [-0.15, -0.1) is 0 Å². The first-order valence-corrected chi connectivity index (χ1v) is 8.81. The number of benzene rings is 1. The Morgan fingerprint density at radius 2 is 2.04 bits per heavy atom. The van der Waals surface area contributed by atoms with Crippen molar-refractivity contribution in [2.45, 2.75) is 19.4 Å². The molecular weight excluding hydrogens is 318 g/mol. The monoisotopic (exact) mass is 338 g/mol. The first-order valence-electron chi connectivity index (χ1n) is 7.20. The molecule has 1 N–H and O–H groups in total. The molecule has 124 valence electrons. The van der Waals surface area contributed by atoms with Crippen LogP contribution in [0.2, 0.25) is 0 Å². The lowest BCUT2D eigenvalue weighted by Crippen LogP contribution is -2.35. The Labute approximate surface area is 135 Å². The SMILES string of the molecule is CN(N=Cc1occ[n+]1CCCCS(=O)(=O)O)c1ccccc1. The molecule has 2 aromatic rings. The van der Waals surface area contributed by atoms with Gasteiger partial charge in [-0.2, -0.15) is 18.1 Å². The highest BCUT2D eigenvalue weighted by molar-refractivity contribution is 7.85. The third-order valence-corrected chi connectivity index (χ3v) is 4.04. The molecule has 0 aliphatic carbocycles. The Morgan fingerprint density at radius 1 is 1.30 bits per heavy atom. The minimum Gasteiger partial charge on any atom is -0.406 e. The van der Waals surface area contributed by atoms with E-state index in [4.69, 9.17) is 8.97 Å². The number of rotatable bonds is 8. The zero-order valence-corrected chi connectivity index (χ0v) is 13.7. The predicted octanol–water partition coefficient (Wildman–Crippen LogP) is 1.71. The number of unbranched alkanes of at least 4 members (excludes halogenated alkanes) is 1. The van der Waals surface area contributed by atoms with Gasteiger partial charge in [-0.1, -0.05) is 18.2 Å². The number of para-hydroxylation sites is 1. The molecule has 23 heavy (non-hydrogen) atoms. The Morgan fingerprint density at radius 3 is 2.74 bits per heavy atom. The van der Waals surface area contributed by atoms with Crippen molar-refractivity contribution in [1.82, 2.24) is 0 Å². The standard InChI is InChI=1S/C15H19N3O4S/c1-17(14-7-3-2-4-8-14)16-13-15-18(10-11-22-15)9-5-6-12-23(19,20)21/h2-4,7-8,10-11,13H,5-6,9,12H2,1H3/p+1. The van der Waals surface area contributed by atoms with Crippen LogP contribution in [0.15, 0.2) is 52.3 Å². The molecule has 0 aliphatic heterocycles. The summed E-state index contributed by atoms with van der Waals surface area (Å²) in [4.78, 5) is 0. The van der Waals surface area contributed by atoms with E-state index in [1.54, 1.807) is 23.7 Å². The summed E-state index contributed by atoms with van der Waals surface area (Å²) < 4.78 is 37.3. The van der Waals surface area contributed by atoms with E-state index in [-0.39, 0.29) is 5.75 Å². The second-order valence-electron chi connectivity index (χ2n) is 5.03. The highest BCUT2D eigenvalue weighted by atomic mass is 32.2. The van der Waals surface area contributed by atoms with Gasteiger partial charge in [0.05, 0.1) is 11.4 Å². The summed E-state index contributed by atoms with van der Waals surface area (Å²) in [6.07, 6.45) is 5.91. The van der Waals surface area contributed by atoms with Gasteiger partial charge in [0.15, 0.2) is 19.0 Å². The van der Waals surface area contributed by atoms with E-state index in [0.717, 1.165) is 5.69 Å². The van der Waals surface area contributed by atoms with E-state index in [1.165, 1.54) is 0 Å². The highest BCUT2D eigenvalue weighted by Crippen LogP contribution is 2.10. The van der Waals surface area contributed by atoms with Crippen LogP contribution in [0.25, 0.3) is 0 Å². The minimum absolute atomic E-state index is 0.231. The molecule has 0 saturated carbocycles. The van der Waals surface area contributed by atoms with Crippen LogP contribution in [0.4, 0.5) is 5.69 Å². The number of aromatic nitrogens is 1. The summed E-state index contributed by atoms with van der Waals surface area (Å²) in [5.41, 5.74) is 0.954. The molecule has 0 unspecified atom stereocenters. The average molecular weight is 338 g/mol. The highest BCUT2D eigenvalue weighted by Gasteiger charge is 2.13. The van der Waals surface area contributed by atoms with E-state index in [9.17, 15) is 8.42 Å². The summed E-state index contributed by atoms with van der Waals surface area (Å²) in [6.45, 7) is 0.586. The Bertz CT molecular complexity index is 741. The van der Waals surface area contributed by atoms with Crippen molar-refractivity contribution < 1.29 is 22.0 Å². The van der Waals surface area contributed by atoms with Gasteiger partial charge in [-0.05, 0) is 18.6 Å². The summed E-state index contributed by atoms with van der Waals surface area (Å²) in [5.74, 6) is 0.339. The Kier molecular flexibility index (Phi) is 5.89. The van der Waals surface area contributed by atoms with E-state index in [1.807, 2.05) is 41.9 Å². The van der Waals surface area contributed by atoms with Crippen LogP contribution in [-0.4, -0.2) is 32.0 Å². The molecule has 0 radical (unpaired) electrons. The largest absolute Gasteiger partial charge is 0.406 e. The van der Waals surface area contributed by atoms with Gasteiger partial charge in [0.2, 0.25) is 6.20 Å². The van der Waals surface area contributed by atoms with Crippen LogP contribution in [0.3, 0.4) is 0 Å². The van der Waals surface area contributed by atoms with Crippen molar-refractivity contribution in [1.29, 1.82) is 0 Å². The van der Waals surface area contributed by atoms with Gasteiger partial charge in [0.1, 0.15) is 0 Å². The van der Waals surface area contributed by atoms with Gasteiger partial charge >= 0.3 is 5.89 Å². The fourth-order valence-electron chi connectivity index (χ4n) is 2.02. The van der Waals surface area contributed by atoms with Crippen molar-refractivity contribution in [2.75, 3.05) is 17.8 Å². The normalized spacial score (nSPS) is 11.9. The van der Waals surface area contributed by atoms with Crippen molar-refractivity contribution in [3.8, 4) is 0 Å². The Hall–Kier alpha value is -2.19.